The van der Waals surface area contributed by atoms with Crippen LogP contribution < -0.4 is 11.1 Å². The van der Waals surface area contributed by atoms with Gasteiger partial charge in [-0.25, -0.2) is 13.8 Å². The van der Waals surface area contributed by atoms with Crippen molar-refractivity contribution < 1.29 is 18.3 Å². The predicted molar refractivity (Wildman–Crippen MR) is 117 cm³/mol. The van der Waals surface area contributed by atoms with Gasteiger partial charge in [0.2, 0.25) is 5.91 Å². The number of aromatic nitrogens is 4. The number of primary amides is 1. The Balaban J connectivity index is 1.60. The molecule has 1 aliphatic heterocycles. The number of benzene rings is 2. The van der Waals surface area contributed by atoms with E-state index in [9.17, 15) is 13.6 Å². The van der Waals surface area contributed by atoms with Crippen LogP contribution in [-0.4, -0.2) is 38.9 Å². The highest BCUT2D eigenvalue weighted by molar-refractivity contribution is 6.05. The summed E-state index contributed by atoms with van der Waals surface area (Å²) in [6.07, 6.45) is 2.62. The first-order chi connectivity index (χ1) is 16.0. The van der Waals surface area contributed by atoms with E-state index in [1.165, 1.54) is 29.1 Å². The maximum Gasteiger partial charge on any atom is 0.253 e. The number of amides is 1. The van der Waals surface area contributed by atoms with E-state index < -0.39 is 11.7 Å². The zero-order valence-corrected chi connectivity index (χ0v) is 17.5. The molecule has 0 aliphatic carbocycles. The lowest BCUT2D eigenvalue weighted by Crippen LogP contribution is -2.14. The van der Waals surface area contributed by atoms with Crippen LogP contribution in [0.2, 0.25) is 0 Å². The highest BCUT2D eigenvalue weighted by Crippen LogP contribution is 2.26. The van der Waals surface area contributed by atoms with Crippen LogP contribution in [0.1, 0.15) is 27.2 Å². The maximum absolute atomic E-state index is 14.2. The first-order valence-electron chi connectivity index (χ1n) is 10.4. The Morgan fingerprint density at radius 2 is 1.97 bits per heavy atom. The fraction of sp³-hybridized carbons (Fsp3) is 0.217. The first-order valence-corrected chi connectivity index (χ1v) is 10.4. The zero-order valence-electron chi connectivity index (χ0n) is 17.5. The number of ether oxygens (including phenoxy) is 1. The minimum absolute atomic E-state index is 0.0314. The second-order valence-electron chi connectivity index (χ2n) is 7.70. The molecule has 0 saturated heterocycles. The molecule has 168 valence electrons. The highest BCUT2D eigenvalue weighted by Gasteiger charge is 2.21. The second kappa shape index (κ2) is 8.55. The van der Waals surface area contributed by atoms with Crippen molar-refractivity contribution in [1.82, 2.24) is 19.7 Å². The Morgan fingerprint density at radius 3 is 2.79 bits per heavy atom. The average molecular weight is 450 g/mol. The van der Waals surface area contributed by atoms with Crippen LogP contribution in [0.3, 0.4) is 0 Å². The van der Waals surface area contributed by atoms with Crippen molar-refractivity contribution in [2.24, 2.45) is 5.73 Å². The first kappa shape index (κ1) is 21.0. The maximum atomic E-state index is 14.2. The summed E-state index contributed by atoms with van der Waals surface area (Å²) in [5.74, 6) is -0.907. The van der Waals surface area contributed by atoms with Gasteiger partial charge in [0.25, 0.3) is 5.95 Å². The minimum Gasteiger partial charge on any atom is -0.381 e. The molecule has 5 rings (SSSR count). The van der Waals surface area contributed by atoms with Gasteiger partial charge in [-0.05, 0) is 23.8 Å². The summed E-state index contributed by atoms with van der Waals surface area (Å²) < 4.78 is 34.8. The van der Waals surface area contributed by atoms with Gasteiger partial charge in [-0.15, -0.1) is 0 Å². The third kappa shape index (κ3) is 4.12. The van der Waals surface area contributed by atoms with E-state index in [1.807, 2.05) is 6.07 Å². The SMILES string of the molecule is NC(=O)c1cc(F)cc2c1cnn2-c1nc2c(c(NCc3cccc(F)c3)n1)CCOCC2. The van der Waals surface area contributed by atoms with Crippen LogP contribution in [0.4, 0.5) is 14.6 Å². The van der Waals surface area contributed by atoms with Crippen molar-refractivity contribution in [2.75, 3.05) is 18.5 Å². The van der Waals surface area contributed by atoms with Gasteiger partial charge in [0, 0.05) is 36.4 Å². The Labute approximate surface area is 187 Å². The standard InChI is InChI=1S/C23H20F2N6O2/c24-14-3-1-2-13(8-14)11-27-22-16-4-6-33-7-5-19(16)29-23(30-22)31-20-10-15(25)9-17(21(26)32)18(20)12-28-31/h1-3,8-10,12H,4-7,11H2,(H2,26,32)(H,27,29,30). The number of anilines is 1. The van der Waals surface area contributed by atoms with E-state index in [1.54, 1.807) is 6.07 Å². The van der Waals surface area contributed by atoms with Crippen LogP contribution in [0.15, 0.2) is 42.6 Å². The van der Waals surface area contributed by atoms with E-state index in [0.717, 1.165) is 22.9 Å². The van der Waals surface area contributed by atoms with Gasteiger partial charge in [0.15, 0.2) is 0 Å². The molecule has 1 amide bonds. The quantitative estimate of drug-likeness (QED) is 0.484. The average Bonchev–Trinajstić information content (AvgIpc) is 3.06. The monoisotopic (exact) mass is 450 g/mol. The van der Waals surface area contributed by atoms with Crippen molar-refractivity contribution in [1.29, 1.82) is 0 Å². The summed E-state index contributed by atoms with van der Waals surface area (Å²) in [6.45, 7) is 1.39. The Kier molecular flexibility index (Phi) is 5.43. The molecule has 0 saturated carbocycles. The lowest BCUT2D eigenvalue weighted by molar-refractivity contribution is 0.100. The summed E-state index contributed by atoms with van der Waals surface area (Å²) in [5.41, 5.74) is 8.22. The molecule has 0 unspecified atom stereocenters. The number of halogens is 2. The lowest BCUT2D eigenvalue weighted by Gasteiger charge is -2.15. The van der Waals surface area contributed by atoms with Crippen LogP contribution in [-0.2, 0) is 24.1 Å². The van der Waals surface area contributed by atoms with E-state index in [4.69, 9.17) is 10.5 Å². The third-order valence-electron chi connectivity index (χ3n) is 5.52. The number of rotatable bonds is 5. The number of nitrogens with one attached hydrogen (secondary N) is 1. The summed E-state index contributed by atoms with van der Waals surface area (Å²) in [6, 6.07) is 8.64. The number of fused-ring (bicyclic) bond motifs is 2. The number of carbonyl (C=O) groups excluding carboxylic acids is 1. The van der Waals surface area contributed by atoms with Crippen LogP contribution in [0.25, 0.3) is 16.9 Å². The van der Waals surface area contributed by atoms with Gasteiger partial charge in [-0.2, -0.15) is 14.8 Å². The van der Waals surface area contributed by atoms with E-state index in [2.05, 4.69) is 20.4 Å². The highest BCUT2D eigenvalue weighted by atomic mass is 19.1. The van der Waals surface area contributed by atoms with E-state index >= 15 is 0 Å². The molecule has 1 aliphatic rings. The number of hydrogen-bond acceptors (Lipinski definition) is 6. The minimum atomic E-state index is -0.753. The number of carbonyl (C=O) groups is 1. The molecular formula is C23H20F2N6O2. The van der Waals surface area contributed by atoms with Crippen LogP contribution in [0.5, 0.6) is 0 Å². The predicted octanol–water partition coefficient (Wildman–Crippen LogP) is 2.92. The molecule has 2 aromatic carbocycles. The van der Waals surface area contributed by atoms with Gasteiger partial charge in [0.05, 0.1) is 36.2 Å². The Morgan fingerprint density at radius 1 is 1.12 bits per heavy atom. The fourth-order valence-electron chi connectivity index (χ4n) is 3.96. The number of nitrogens with zero attached hydrogens (tertiary/aromatic N) is 4. The van der Waals surface area contributed by atoms with Gasteiger partial charge < -0.3 is 15.8 Å². The van der Waals surface area contributed by atoms with Crippen molar-refractivity contribution >= 4 is 22.6 Å². The van der Waals surface area contributed by atoms with Crippen molar-refractivity contribution in [2.45, 2.75) is 19.4 Å². The van der Waals surface area contributed by atoms with Gasteiger partial charge >= 0.3 is 0 Å². The smallest absolute Gasteiger partial charge is 0.253 e. The van der Waals surface area contributed by atoms with Crippen LogP contribution in [0, 0.1) is 11.6 Å². The van der Waals surface area contributed by atoms with E-state index in [0.29, 0.717) is 49.3 Å². The topological polar surface area (TPSA) is 108 Å². The van der Waals surface area contributed by atoms with Gasteiger partial charge in [0.1, 0.15) is 17.5 Å². The molecule has 0 radical (unpaired) electrons. The zero-order chi connectivity index (χ0) is 22.9. The number of nitrogens with two attached hydrogens (primary N) is 1. The molecule has 3 N–H and O–H groups in total. The molecule has 33 heavy (non-hydrogen) atoms. The Hall–Kier alpha value is -3.92. The summed E-state index contributed by atoms with van der Waals surface area (Å²) in [7, 11) is 0. The molecule has 0 bridgehead atoms. The lowest BCUT2D eigenvalue weighted by atomic mass is 10.1. The van der Waals surface area contributed by atoms with Gasteiger partial charge in [-0.3, -0.25) is 4.79 Å². The largest absolute Gasteiger partial charge is 0.381 e. The van der Waals surface area contributed by atoms with Crippen molar-refractivity contribution in [3.05, 3.63) is 76.6 Å². The van der Waals surface area contributed by atoms with E-state index in [-0.39, 0.29) is 17.3 Å². The molecule has 0 spiro atoms. The molecular weight excluding hydrogens is 430 g/mol. The van der Waals surface area contributed by atoms with Crippen molar-refractivity contribution in [3.63, 3.8) is 0 Å². The molecule has 0 fully saturated rings. The Bertz CT molecular complexity index is 1370. The summed E-state index contributed by atoms with van der Waals surface area (Å²) in [5, 5.41) is 7.98. The molecule has 3 heterocycles. The number of hydrogen-bond donors (Lipinski definition) is 2. The summed E-state index contributed by atoms with van der Waals surface area (Å²) in [4.78, 5) is 21.1. The van der Waals surface area contributed by atoms with Gasteiger partial charge in [-0.1, -0.05) is 12.1 Å². The van der Waals surface area contributed by atoms with Crippen molar-refractivity contribution in [3.8, 4) is 5.95 Å². The molecule has 8 nitrogen and oxygen atoms in total. The molecule has 4 aromatic rings. The molecule has 2 aromatic heterocycles. The molecule has 0 atom stereocenters. The third-order valence-corrected chi connectivity index (χ3v) is 5.52. The van der Waals surface area contributed by atoms with Crippen LogP contribution >= 0.6 is 0 Å². The normalized spacial score (nSPS) is 13.5. The summed E-state index contributed by atoms with van der Waals surface area (Å²) >= 11 is 0. The molecule has 10 heteroatoms. The fourth-order valence-corrected chi connectivity index (χ4v) is 3.96. The second-order valence-corrected chi connectivity index (χ2v) is 7.70.